The van der Waals surface area contributed by atoms with Crippen LogP contribution in [0.15, 0.2) is 48.5 Å². The van der Waals surface area contributed by atoms with Crippen molar-refractivity contribution in [3.05, 3.63) is 70.8 Å². The summed E-state index contributed by atoms with van der Waals surface area (Å²) in [4.78, 5) is 0. The first-order valence-corrected chi connectivity index (χ1v) is 5.96. The van der Waals surface area contributed by atoms with Gasteiger partial charge in [0.15, 0.2) is 0 Å². The summed E-state index contributed by atoms with van der Waals surface area (Å²) in [7, 11) is 0. The lowest BCUT2D eigenvalue weighted by Gasteiger charge is -2.10. The van der Waals surface area contributed by atoms with E-state index in [4.69, 9.17) is 11.1 Å². The van der Waals surface area contributed by atoms with E-state index in [1.807, 2.05) is 12.1 Å². The van der Waals surface area contributed by atoms with Crippen molar-refractivity contribution in [1.29, 1.82) is 5.41 Å². The van der Waals surface area contributed by atoms with Crippen molar-refractivity contribution in [3.63, 3.8) is 0 Å². The summed E-state index contributed by atoms with van der Waals surface area (Å²) in [5.41, 5.74) is 6.98. The van der Waals surface area contributed by atoms with Crippen molar-refractivity contribution >= 4 is 5.84 Å². The number of benzene rings is 2. The number of hydrogen-bond donors (Lipinski definition) is 2. The van der Waals surface area contributed by atoms with E-state index in [1.165, 1.54) is 12.1 Å². The van der Waals surface area contributed by atoms with Crippen LogP contribution in [0, 0.1) is 5.41 Å². The molecule has 2 aromatic rings. The molecule has 0 unspecified atom stereocenters. The Labute approximate surface area is 114 Å². The summed E-state index contributed by atoms with van der Waals surface area (Å²) in [5.74, 6) is -0.0486. The Morgan fingerprint density at radius 3 is 2.15 bits per heavy atom. The Balaban J connectivity index is 2.25. The van der Waals surface area contributed by atoms with Gasteiger partial charge in [-0.15, -0.1) is 0 Å². The maximum absolute atomic E-state index is 12.5. The third kappa shape index (κ3) is 3.17. The zero-order valence-electron chi connectivity index (χ0n) is 10.5. The van der Waals surface area contributed by atoms with Gasteiger partial charge in [0, 0.05) is 5.56 Å². The quantitative estimate of drug-likeness (QED) is 0.654. The second kappa shape index (κ2) is 5.36. The monoisotopic (exact) mass is 278 g/mol. The van der Waals surface area contributed by atoms with E-state index in [9.17, 15) is 13.2 Å². The molecule has 0 saturated carbocycles. The van der Waals surface area contributed by atoms with E-state index in [-0.39, 0.29) is 5.84 Å². The fourth-order valence-electron chi connectivity index (χ4n) is 1.97. The summed E-state index contributed by atoms with van der Waals surface area (Å²) in [5, 5.41) is 7.49. The van der Waals surface area contributed by atoms with Crippen LogP contribution in [0.5, 0.6) is 0 Å². The van der Waals surface area contributed by atoms with Crippen molar-refractivity contribution in [2.45, 2.75) is 12.6 Å². The minimum absolute atomic E-state index is 0.0486. The Kier molecular flexibility index (Phi) is 3.79. The maximum atomic E-state index is 12.5. The van der Waals surface area contributed by atoms with Gasteiger partial charge in [0.25, 0.3) is 0 Å². The number of halogens is 3. The third-order valence-corrected chi connectivity index (χ3v) is 2.98. The Bertz CT molecular complexity index is 616. The highest BCUT2D eigenvalue weighted by atomic mass is 19.4. The molecule has 0 radical (unpaired) electrons. The molecule has 0 fully saturated rings. The minimum atomic E-state index is -4.32. The van der Waals surface area contributed by atoms with Gasteiger partial charge in [-0.3, -0.25) is 5.41 Å². The van der Waals surface area contributed by atoms with Gasteiger partial charge in [-0.1, -0.05) is 36.4 Å². The molecule has 0 atom stereocenters. The van der Waals surface area contributed by atoms with E-state index >= 15 is 0 Å². The van der Waals surface area contributed by atoms with E-state index in [0.29, 0.717) is 12.0 Å². The van der Waals surface area contributed by atoms with E-state index < -0.39 is 11.7 Å². The van der Waals surface area contributed by atoms with Crippen LogP contribution in [-0.4, -0.2) is 5.84 Å². The van der Waals surface area contributed by atoms with Gasteiger partial charge >= 0.3 is 6.18 Å². The van der Waals surface area contributed by atoms with E-state index in [0.717, 1.165) is 23.3 Å². The van der Waals surface area contributed by atoms with Crippen LogP contribution >= 0.6 is 0 Å². The Morgan fingerprint density at radius 2 is 1.60 bits per heavy atom. The first kappa shape index (κ1) is 14.1. The molecule has 2 aromatic carbocycles. The normalized spacial score (nSPS) is 11.3. The van der Waals surface area contributed by atoms with Crippen molar-refractivity contribution in [3.8, 4) is 0 Å². The van der Waals surface area contributed by atoms with Crippen LogP contribution < -0.4 is 5.73 Å². The molecule has 104 valence electrons. The van der Waals surface area contributed by atoms with Gasteiger partial charge in [0.2, 0.25) is 0 Å². The van der Waals surface area contributed by atoms with E-state index in [1.54, 1.807) is 12.1 Å². The predicted octanol–water partition coefficient (Wildman–Crippen LogP) is 3.58. The van der Waals surface area contributed by atoms with Crippen molar-refractivity contribution < 1.29 is 13.2 Å². The van der Waals surface area contributed by atoms with Crippen LogP contribution in [0.2, 0.25) is 0 Å². The zero-order chi connectivity index (χ0) is 14.8. The number of nitrogens with one attached hydrogen (secondary N) is 1. The molecule has 0 saturated heterocycles. The number of amidine groups is 1. The third-order valence-electron chi connectivity index (χ3n) is 2.98. The van der Waals surface area contributed by atoms with Gasteiger partial charge in [-0.25, -0.2) is 0 Å². The second-order valence-electron chi connectivity index (χ2n) is 4.44. The molecule has 2 rings (SSSR count). The van der Waals surface area contributed by atoms with Crippen LogP contribution in [-0.2, 0) is 12.6 Å². The van der Waals surface area contributed by atoms with Gasteiger partial charge in [0.1, 0.15) is 5.84 Å². The number of rotatable bonds is 3. The molecule has 0 bridgehead atoms. The lowest BCUT2D eigenvalue weighted by Crippen LogP contribution is -2.13. The summed E-state index contributed by atoms with van der Waals surface area (Å²) >= 11 is 0. The van der Waals surface area contributed by atoms with Gasteiger partial charge < -0.3 is 5.73 Å². The standard InChI is InChI=1S/C15H13F3N2/c16-15(17,18)12-7-5-10(6-8-12)9-11-3-1-2-4-13(11)14(19)20/h1-8H,9H2,(H3,19,20). The SMILES string of the molecule is N=C(N)c1ccccc1Cc1ccc(C(F)(F)F)cc1. The predicted molar refractivity (Wildman–Crippen MR) is 71.7 cm³/mol. The molecule has 0 aromatic heterocycles. The molecule has 2 nitrogen and oxygen atoms in total. The molecule has 0 aliphatic rings. The fourth-order valence-corrected chi connectivity index (χ4v) is 1.97. The van der Waals surface area contributed by atoms with Crippen LogP contribution in [0.4, 0.5) is 13.2 Å². The summed E-state index contributed by atoms with van der Waals surface area (Å²) in [6.45, 7) is 0. The topological polar surface area (TPSA) is 49.9 Å². The van der Waals surface area contributed by atoms with Crippen molar-refractivity contribution in [2.24, 2.45) is 5.73 Å². The first-order valence-electron chi connectivity index (χ1n) is 5.96. The highest BCUT2D eigenvalue weighted by molar-refractivity contribution is 5.96. The van der Waals surface area contributed by atoms with Crippen LogP contribution in [0.1, 0.15) is 22.3 Å². The highest BCUT2D eigenvalue weighted by Gasteiger charge is 2.29. The lowest BCUT2D eigenvalue weighted by atomic mass is 9.98. The van der Waals surface area contributed by atoms with Gasteiger partial charge in [-0.05, 0) is 29.7 Å². The number of nitrogen functional groups attached to an aromatic ring is 1. The largest absolute Gasteiger partial charge is 0.416 e. The zero-order valence-corrected chi connectivity index (χ0v) is 10.5. The smallest absolute Gasteiger partial charge is 0.384 e. The Morgan fingerprint density at radius 1 is 1.00 bits per heavy atom. The number of nitrogens with two attached hydrogens (primary N) is 1. The van der Waals surface area contributed by atoms with Gasteiger partial charge in [0.05, 0.1) is 5.56 Å². The summed E-state index contributed by atoms with van der Waals surface area (Å²) in [6.07, 6.45) is -3.89. The number of alkyl halides is 3. The molecule has 3 N–H and O–H groups in total. The molecule has 0 aliphatic heterocycles. The maximum Gasteiger partial charge on any atom is 0.416 e. The highest BCUT2D eigenvalue weighted by Crippen LogP contribution is 2.29. The molecule has 20 heavy (non-hydrogen) atoms. The van der Waals surface area contributed by atoms with Crippen molar-refractivity contribution in [2.75, 3.05) is 0 Å². The Hall–Kier alpha value is -2.30. The average Bonchev–Trinajstić information content (AvgIpc) is 2.38. The van der Waals surface area contributed by atoms with Crippen LogP contribution in [0.25, 0.3) is 0 Å². The average molecular weight is 278 g/mol. The molecular weight excluding hydrogens is 265 g/mol. The molecule has 0 amide bonds. The minimum Gasteiger partial charge on any atom is -0.384 e. The molecular formula is C15H13F3N2. The molecule has 5 heteroatoms. The first-order chi connectivity index (χ1) is 9.38. The molecule has 0 spiro atoms. The van der Waals surface area contributed by atoms with Crippen molar-refractivity contribution in [1.82, 2.24) is 0 Å². The fraction of sp³-hybridized carbons (Fsp3) is 0.133. The summed E-state index contributed by atoms with van der Waals surface area (Å²) < 4.78 is 37.4. The van der Waals surface area contributed by atoms with Gasteiger partial charge in [-0.2, -0.15) is 13.2 Å². The second-order valence-corrected chi connectivity index (χ2v) is 4.44. The van der Waals surface area contributed by atoms with E-state index in [2.05, 4.69) is 0 Å². The van der Waals surface area contributed by atoms with Crippen LogP contribution in [0.3, 0.4) is 0 Å². The molecule has 0 heterocycles. The lowest BCUT2D eigenvalue weighted by molar-refractivity contribution is -0.137. The summed E-state index contributed by atoms with van der Waals surface area (Å²) in [6, 6.07) is 12.1. The molecule has 0 aliphatic carbocycles. The number of hydrogen-bond acceptors (Lipinski definition) is 1.